The number of benzene rings is 1. The highest BCUT2D eigenvalue weighted by molar-refractivity contribution is 6.30. The average Bonchev–Trinajstić information content (AvgIpc) is 2.27. The summed E-state index contributed by atoms with van der Waals surface area (Å²) in [7, 11) is 1.64. The molecular formula is C13H17ClO2. The van der Waals surface area contributed by atoms with Crippen LogP contribution in [0.5, 0.6) is 5.75 Å². The number of Topliss-reactive ketones (excluding diaryl/α,β-unsaturated/α-hetero) is 1. The molecule has 2 nitrogen and oxygen atoms in total. The van der Waals surface area contributed by atoms with Crippen LogP contribution in [0, 0.1) is 6.92 Å². The molecule has 0 saturated heterocycles. The van der Waals surface area contributed by atoms with Crippen LogP contribution in [0.3, 0.4) is 0 Å². The van der Waals surface area contributed by atoms with Crippen LogP contribution in [-0.2, 0) is 0 Å². The van der Waals surface area contributed by atoms with E-state index >= 15 is 0 Å². The number of alkyl halides is 1. The number of hydrogen-bond donors (Lipinski definition) is 0. The Bertz CT molecular complexity index is 397. The Kier molecular flexibility index (Phi) is 4.36. The first-order valence-corrected chi connectivity index (χ1v) is 5.82. The number of carbonyl (C=O) groups excluding carboxylic acids is 1. The summed E-state index contributed by atoms with van der Waals surface area (Å²) in [6, 6.07) is 3.79. The lowest BCUT2D eigenvalue weighted by molar-refractivity contribution is 0.102. The van der Waals surface area contributed by atoms with Crippen LogP contribution in [0.15, 0.2) is 12.1 Å². The molecule has 1 aromatic carbocycles. The lowest BCUT2D eigenvalue weighted by Crippen LogP contribution is -2.06. The highest BCUT2D eigenvalue weighted by Gasteiger charge is 2.14. The summed E-state index contributed by atoms with van der Waals surface area (Å²) in [5.41, 5.74) is 2.65. The fourth-order valence-corrected chi connectivity index (χ4v) is 1.84. The Morgan fingerprint density at radius 3 is 2.50 bits per heavy atom. The molecule has 0 amide bonds. The third kappa shape index (κ3) is 2.56. The quantitative estimate of drug-likeness (QED) is 0.594. The van der Waals surface area contributed by atoms with Gasteiger partial charge in [-0.2, -0.15) is 0 Å². The number of ether oxygens (including phenoxy) is 1. The zero-order valence-electron chi connectivity index (χ0n) is 10.1. The molecule has 0 spiro atoms. The Balaban J connectivity index is 3.33. The lowest BCUT2D eigenvalue weighted by atomic mass is 9.95. The van der Waals surface area contributed by atoms with E-state index in [-0.39, 0.29) is 11.7 Å². The number of ketones is 1. The van der Waals surface area contributed by atoms with Gasteiger partial charge in [0.25, 0.3) is 0 Å². The number of methoxy groups -OCH3 is 1. The monoisotopic (exact) mass is 240 g/mol. The molecule has 0 bridgehead atoms. The van der Waals surface area contributed by atoms with Crippen molar-refractivity contribution in [1.82, 2.24) is 0 Å². The fourth-order valence-electron chi connectivity index (χ4n) is 1.70. The topological polar surface area (TPSA) is 26.3 Å². The summed E-state index contributed by atoms with van der Waals surface area (Å²) < 4.78 is 5.31. The predicted octanol–water partition coefficient (Wildman–Crippen LogP) is 3.55. The normalized spacial score (nSPS) is 10.6. The Morgan fingerprint density at radius 1 is 1.44 bits per heavy atom. The van der Waals surface area contributed by atoms with Crippen molar-refractivity contribution in [3.63, 3.8) is 0 Å². The third-order valence-electron chi connectivity index (χ3n) is 2.62. The van der Waals surface area contributed by atoms with Crippen molar-refractivity contribution in [2.24, 2.45) is 0 Å². The van der Waals surface area contributed by atoms with E-state index in [0.717, 1.165) is 16.9 Å². The molecule has 1 aromatic rings. The van der Waals surface area contributed by atoms with Gasteiger partial charge in [0, 0.05) is 5.56 Å². The van der Waals surface area contributed by atoms with Crippen LogP contribution < -0.4 is 4.74 Å². The molecule has 0 fully saturated rings. The second kappa shape index (κ2) is 5.35. The first-order chi connectivity index (χ1) is 7.51. The first-order valence-electron chi connectivity index (χ1n) is 5.29. The van der Waals surface area contributed by atoms with Crippen LogP contribution >= 0.6 is 11.6 Å². The van der Waals surface area contributed by atoms with Crippen molar-refractivity contribution in [2.75, 3.05) is 13.0 Å². The van der Waals surface area contributed by atoms with Crippen LogP contribution in [0.2, 0.25) is 0 Å². The number of aryl methyl sites for hydroxylation is 1. The van der Waals surface area contributed by atoms with E-state index in [1.807, 2.05) is 19.1 Å². The molecule has 0 aliphatic rings. The molecule has 88 valence electrons. The maximum Gasteiger partial charge on any atom is 0.177 e. The molecule has 0 radical (unpaired) electrons. The second-order valence-electron chi connectivity index (χ2n) is 4.12. The molecule has 0 aliphatic heterocycles. The number of hydrogen-bond acceptors (Lipinski definition) is 2. The molecule has 16 heavy (non-hydrogen) atoms. The molecule has 3 heteroatoms. The predicted molar refractivity (Wildman–Crippen MR) is 66.9 cm³/mol. The van der Waals surface area contributed by atoms with Crippen LogP contribution in [-0.4, -0.2) is 18.8 Å². The Hall–Kier alpha value is -1.02. The molecule has 0 unspecified atom stereocenters. The van der Waals surface area contributed by atoms with Gasteiger partial charge < -0.3 is 4.74 Å². The maximum atomic E-state index is 11.6. The van der Waals surface area contributed by atoms with Crippen molar-refractivity contribution >= 4 is 17.4 Å². The van der Waals surface area contributed by atoms with E-state index in [9.17, 15) is 4.79 Å². The summed E-state index contributed by atoms with van der Waals surface area (Å²) in [6.45, 7) is 6.04. The second-order valence-corrected chi connectivity index (χ2v) is 4.39. The molecule has 1 rings (SSSR count). The van der Waals surface area contributed by atoms with E-state index in [2.05, 4.69) is 13.8 Å². The van der Waals surface area contributed by atoms with Gasteiger partial charge in [-0.05, 0) is 36.1 Å². The van der Waals surface area contributed by atoms with Crippen LogP contribution in [0.25, 0.3) is 0 Å². The van der Waals surface area contributed by atoms with Crippen molar-refractivity contribution in [3.8, 4) is 5.75 Å². The number of halogens is 1. The summed E-state index contributed by atoms with van der Waals surface area (Å²) in [5.74, 6) is 1.13. The third-order valence-corrected chi connectivity index (χ3v) is 2.86. The molecule has 0 atom stereocenters. The van der Waals surface area contributed by atoms with Crippen molar-refractivity contribution < 1.29 is 9.53 Å². The van der Waals surface area contributed by atoms with Gasteiger partial charge in [-0.1, -0.05) is 13.8 Å². The van der Waals surface area contributed by atoms with E-state index in [4.69, 9.17) is 16.3 Å². The number of rotatable bonds is 4. The fraction of sp³-hybridized carbons (Fsp3) is 0.462. The highest BCUT2D eigenvalue weighted by Crippen LogP contribution is 2.29. The minimum absolute atomic E-state index is 0.0186. The van der Waals surface area contributed by atoms with Gasteiger partial charge >= 0.3 is 0 Å². The maximum absolute atomic E-state index is 11.6. The van der Waals surface area contributed by atoms with Gasteiger partial charge in [-0.25, -0.2) is 0 Å². The van der Waals surface area contributed by atoms with Gasteiger partial charge in [0.1, 0.15) is 5.75 Å². The van der Waals surface area contributed by atoms with Crippen molar-refractivity contribution in [2.45, 2.75) is 26.7 Å². The summed E-state index contributed by atoms with van der Waals surface area (Å²) >= 11 is 5.58. The van der Waals surface area contributed by atoms with E-state index < -0.39 is 0 Å². The van der Waals surface area contributed by atoms with Gasteiger partial charge in [0.15, 0.2) is 5.78 Å². The lowest BCUT2D eigenvalue weighted by Gasteiger charge is -2.15. The molecular weight excluding hydrogens is 224 g/mol. The zero-order valence-corrected chi connectivity index (χ0v) is 10.9. The molecule has 0 heterocycles. The molecule has 0 N–H and O–H groups in total. The van der Waals surface area contributed by atoms with Gasteiger partial charge in [-0.3, -0.25) is 4.79 Å². The highest BCUT2D eigenvalue weighted by atomic mass is 35.5. The van der Waals surface area contributed by atoms with Gasteiger partial charge in [-0.15, -0.1) is 11.6 Å². The Morgan fingerprint density at radius 2 is 2.06 bits per heavy atom. The molecule has 0 aliphatic carbocycles. The van der Waals surface area contributed by atoms with Crippen molar-refractivity contribution in [3.05, 3.63) is 28.8 Å². The minimum atomic E-state index is -0.0382. The van der Waals surface area contributed by atoms with Crippen LogP contribution in [0.1, 0.15) is 41.3 Å². The van der Waals surface area contributed by atoms with E-state index in [0.29, 0.717) is 11.5 Å². The summed E-state index contributed by atoms with van der Waals surface area (Å²) in [6.07, 6.45) is 0. The van der Waals surface area contributed by atoms with Gasteiger partial charge in [0.05, 0.1) is 13.0 Å². The van der Waals surface area contributed by atoms with E-state index in [1.54, 1.807) is 7.11 Å². The SMILES string of the molecule is COc1cc(C)c(C(=O)CCl)cc1C(C)C. The summed E-state index contributed by atoms with van der Waals surface area (Å²) in [5, 5.41) is 0. The van der Waals surface area contributed by atoms with E-state index in [1.165, 1.54) is 0 Å². The van der Waals surface area contributed by atoms with Gasteiger partial charge in [0.2, 0.25) is 0 Å². The average molecular weight is 241 g/mol. The smallest absolute Gasteiger partial charge is 0.177 e. The first kappa shape index (κ1) is 13.0. The standard InChI is InChI=1S/C13H17ClO2/c1-8(2)10-6-11(12(15)7-14)9(3)5-13(10)16-4/h5-6,8H,7H2,1-4H3. The summed E-state index contributed by atoms with van der Waals surface area (Å²) in [4.78, 5) is 11.6. The minimum Gasteiger partial charge on any atom is -0.496 e. The van der Waals surface area contributed by atoms with Crippen molar-refractivity contribution in [1.29, 1.82) is 0 Å². The number of carbonyl (C=O) groups is 1. The molecule has 0 saturated carbocycles. The largest absolute Gasteiger partial charge is 0.496 e. The van der Waals surface area contributed by atoms with Crippen LogP contribution in [0.4, 0.5) is 0 Å². The zero-order chi connectivity index (χ0) is 12.3. The molecule has 0 aromatic heterocycles. The Labute approximate surface area is 102 Å².